The number of rotatable bonds is 5. The molecule has 152 valence electrons. The van der Waals surface area contributed by atoms with Crippen molar-refractivity contribution in [2.45, 2.75) is 30.9 Å². The van der Waals surface area contributed by atoms with E-state index in [0.717, 1.165) is 19.4 Å². The van der Waals surface area contributed by atoms with Crippen molar-refractivity contribution in [2.75, 3.05) is 13.1 Å². The van der Waals surface area contributed by atoms with E-state index < -0.39 is 5.95 Å². The van der Waals surface area contributed by atoms with Crippen molar-refractivity contribution < 1.29 is 13.9 Å². The molecule has 2 atom stereocenters. The Hall–Kier alpha value is -1.89. The summed E-state index contributed by atoms with van der Waals surface area (Å²) in [5, 5.41) is 6.48. The molecule has 0 radical (unpaired) electrons. The summed E-state index contributed by atoms with van der Waals surface area (Å²) in [6.45, 7) is 1.54. The Labute approximate surface area is 176 Å². The highest BCUT2D eigenvalue weighted by molar-refractivity contribution is 5.85. The SMILES string of the molecule is Cl.Cl.O=C(N[C@H]1C[C@H](Oc2ccc(F)nc2)C1)[C@H]1CNC[C@@H]1c1ccccc1. The third-order valence-electron chi connectivity index (χ3n) is 5.22. The van der Waals surface area contributed by atoms with Crippen molar-refractivity contribution in [3.8, 4) is 5.75 Å². The lowest BCUT2D eigenvalue weighted by molar-refractivity contribution is -0.126. The van der Waals surface area contributed by atoms with Crippen LogP contribution in [0, 0.1) is 11.9 Å². The maximum Gasteiger partial charge on any atom is 0.225 e. The number of carbonyl (C=O) groups is 1. The minimum atomic E-state index is -0.519. The maximum absolute atomic E-state index is 12.8. The lowest BCUT2D eigenvalue weighted by Gasteiger charge is -2.36. The van der Waals surface area contributed by atoms with Gasteiger partial charge in [0.1, 0.15) is 11.9 Å². The van der Waals surface area contributed by atoms with Crippen LogP contribution in [0.5, 0.6) is 5.75 Å². The molecular weight excluding hydrogens is 404 g/mol. The molecule has 1 saturated heterocycles. The van der Waals surface area contributed by atoms with E-state index in [-0.39, 0.29) is 54.7 Å². The van der Waals surface area contributed by atoms with Crippen molar-refractivity contribution in [2.24, 2.45) is 5.92 Å². The van der Waals surface area contributed by atoms with Gasteiger partial charge >= 0.3 is 0 Å². The summed E-state index contributed by atoms with van der Waals surface area (Å²) in [6, 6.07) is 13.2. The number of hydrogen-bond donors (Lipinski definition) is 2. The largest absolute Gasteiger partial charge is 0.489 e. The Balaban J connectivity index is 0.00000140. The molecular formula is C20H24Cl2FN3O2. The fourth-order valence-electron chi connectivity index (χ4n) is 3.72. The van der Waals surface area contributed by atoms with Crippen LogP contribution in [0.25, 0.3) is 0 Å². The van der Waals surface area contributed by atoms with E-state index in [1.54, 1.807) is 6.07 Å². The Bertz CT molecular complexity index is 758. The molecule has 0 unspecified atom stereocenters. The standard InChI is InChI=1S/C20H22FN3O2.2ClH/c21-19-7-6-15(10-23-19)26-16-8-14(9-16)24-20(25)18-12-22-11-17(18)13-4-2-1-3-5-13;;/h1-7,10,14,16-18,22H,8-9,11-12H2,(H,24,25);2*1H/t14-,16-,17-,18+;;/m1../s1. The third-order valence-corrected chi connectivity index (χ3v) is 5.22. The van der Waals surface area contributed by atoms with Crippen molar-refractivity contribution in [3.63, 3.8) is 0 Å². The summed E-state index contributed by atoms with van der Waals surface area (Å²) in [5.74, 6) is 0.322. The van der Waals surface area contributed by atoms with Gasteiger partial charge in [0.2, 0.25) is 11.9 Å². The molecule has 4 rings (SSSR count). The van der Waals surface area contributed by atoms with Crippen LogP contribution in [-0.2, 0) is 4.79 Å². The molecule has 1 saturated carbocycles. The molecule has 2 aliphatic rings. The second-order valence-electron chi connectivity index (χ2n) is 7.02. The zero-order chi connectivity index (χ0) is 17.9. The number of benzene rings is 1. The highest BCUT2D eigenvalue weighted by Crippen LogP contribution is 2.30. The minimum Gasteiger partial charge on any atom is -0.489 e. The molecule has 2 fully saturated rings. The number of ether oxygens (including phenoxy) is 1. The molecule has 1 aromatic heterocycles. The molecule has 5 nitrogen and oxygen atoms in total. The smallest absolute Gasteiger partial charge is 0.225 e. The Morgan fingerprint density at radius 2 is 1.86 bits per heavy atom. The molecule has 0 bridgehead atoms. The monoisotopic (exact) mass is 427 g/mol. The van der Waals surface area contributed by atoms with E-state index in [4.69, 9.17) is 4.74 Å². The van der Waals surface area contributed by atoms with Gasteiger partial charge in [-0.25, -0.2) is 4.98 Å². The van der Waals surface area contributed by atoms with Crippen LogP contribution in [0.1, 0.15) is 24.3 Å². The predicted octanol–water partition coefficient (Wildman–Crippen LogP) is 3.09. The lowest BCUT2D eigenvalue weighted by atomic mass is 9.85. The second kappa shape index (κ2) is 10.0. The van der Waals surface area contributed by atoms with Gasteiger partial charge in [-0.15, -0.1) is 24.8 Å². The number of halogens is 3. The van der Waals surface area contributed by atoms with Crippen molar-refractivity contribution in [1.82, 2.24) is 15.6 Å². The predicted molar refractivity (Wildman–Crippen MR) is 110 cm³/mol. The van der Waals surface area contributed by atoms with Crippen molar-refractivity contribution in [1.29, 1.82) is 0 Å². The van der Waals surface area contributed by atoms with Crippen molar-refractivity contribution >= 4 is 30.7 Å². The van der Waals surface area contributed by atoms with Crippen molar-refractivity contribution in [3.05, 3.63) is 60.2 Å². The minimum absolute atomic E-state index is 0. The number of hydrogen-bond acceptors (Lipinski definition) is 4. The first-order chi connectivity index (χ1) is 12.7. The fourth-order valence-corrected chi connectivity index (χ4v) is 3.72. The summed E-state index contributed by atoms with van der Waals surface area (Å²) < 4.78 is 18.5. The molecule has 1 aliphatic heterocycles. The molecule has 1 amide bonds. The van der Waals surface area contributed by atoms with Gasteiger partial charge in [-0.1, -0.05) is 30.3 Å². The van der Waals surface area contributed by atoms with Gasteiger partial charge < -0.3 is 15.4 Å². The molecule has 1 aliphatic carbocycles. The number of aromatic nitrogens is 1. The molecule has 28 heavy (non-hydrogen) atoms. The van der Waals surface area contributed by atoms with E-state index in [1.807, 2.05) is 18.2 Å². The van der Waals surface area contributed by atoms with Gasteiger partial charge in [0, 0.05) is 37.9 Å². The maximum atomic E-state index is 12.8. The number of pyridine rings is 1. The zero-order valence-electron chi connectivity index (χ0n) is 15.2. The van der Waals surface area contributed by atoms with Gasteiger partial charge in [0.05, 0.1) is 12.1 Å². The average Bonchev–Trinajstić information content (AvgIpc) is 3.12. The molecule has 2 heterocycles. The zero-order valence-corrected chi connectivity index (χ0v) is 16.8. The van der Waals surface area contributed by atoms with Gasteiger partial charge in [-0.2, -0.15) is 4.39 Å². The molecule has 8 heteroatoms. The number of amides is 1. The van der Waals surface area contributed by atoms with E-state index in [0.29, 0.717) is 12.3 Å². The van der Waals surface area contributed by atoms with Crippen LogP contribution in [0.15, 0.2) is 48.7 Å². The summed E-state index contributed by atoms with van der Waals surface area (Å²) in [6.07, 6.45) is 2.95. The molecule has 2 aromatic rings. The van der Waals surface area contributed by atoms with E-state index in [2.05, 4.69) is 27.8 Å². The van der Waals surface area contributed by atoms with Gasteiger partial charge in [0.25, 0.3) is 0 Å². The van der Waals surface area contributed by atoms with Crippen LogP contribution < -0.4 is 15.4 Å². The Kier molecular flexibility index (Phi) is 8.04. The normalized spacial score (nSPS) is 25.6. The van der Waals surface area contributed by atoms with Crippen LogP contribution in [-0.4, -0.2) is 36.1 Å². The average molecular weight is 428 g/mol. The van der Waals surface area contributed by atoms with Gasteiger partial charge in [-0.3, -0.25) is 4.79 Å². The van der Waals surface area contributed by atoms with E-state index in [9.17, 15) is 9.18 Å². The van der Waals surface area contributed by atoms with Crippen LogP contribution in [0.4, 0.5) is 4.39 Å². The summed E-state index contributed by atoms with van der Waals surface area (Å²) in [5.41, 5.74) is 1.20. The third kappa shape index (κ3) is 5.13. The second-order valence-corrected chi connectivity index (χ2v) is 7.02. The quantitative estimate of drug-likeness (QED) is 0.719. The highest BCUT2D eigenvalue weighted by Gasteiger charge is 2.38. The molecule has 2 N–H and O–H groups in total. The summed E-state index contributed by atoms with van der Waals surface area (Å²) in [4.78, 5) is 16.3. The van der Waals surface area contributed by atoms with Gasteiger partial charge in [0.15, 0.2) is 0 Å². The van der Waals surface area contributed by atoms with Gasteiger partial charge in [-0.05, 0) is 17.7 Å². The number of carbonyl (C=O) groups excluding carboxylic acids is 1. The molecule has 0 spiro atoms. The number of nitrogens with zero attached hydrogens (tertiary/aromatic N) is 1. The highest BCUT2D eigenvalue weighted by atomic mass is 35.5. The lowest BCUT2D eigenvalue weighted by Crippen LogP contribution is -2.51. The number of nitrogens with one attached hydrogen (secondary N) is 2. The molecule has 1 aromatic carbocycles. The first-order valence-electron chi connectivity index (χ1n) is 9.03. The van der Waals surface area contributed by atoms with Crippen LogP contribution >= 0.6 is 24.8 Å². The fraction of sp³-hybridized carbons (Fsp3) is 0.400. The first kappa shape index (κ1) is 22.4. The van der Waals surface area contributed by atoms with Crippen LogP contribution in [0.2, 0.25) is 0 Å². The first-order valence-corrected chi connectivity index (χ1v) is 9.03. The summed E-state index contributed by atoms with van der Waals surface area (Å²) in [7, 11) is 0. The van der Waals surface area contributed by atoms with E-state index in [1.165, 1.54) is 17.8 Å². The Morgan fingerprint density at radius 1 is 1.11 bits per heavy atom. The van der Waals surface area contributed by atoms with Crippen LogP contribution in [0.3, 0.4) is 0 Å². The topological polar surface area (TPSA) is 63.2 Å². The van der Waals surface area contributed by atoms with E-state index >= 15 is 0 Å². The Morgan fingerprint density at radius 3 is 2.54 bits per heavy atom. The summed E-state index contributed by atoms with van der Waals surface area (Å²) >= 11 is 0.